The zero-order chi connectivity index (χ0) is 29.2. The van der Waals surface area contributed by atoms with Gasteiger partial charge in [0, 0.05) is 12.6 Å². The Morgan fingerprint density at radius 2 is 1.66 bits per heavy atom. The fourth-order valence-corrected chi connectivity index (χ4v) is 4.17. The molecule has 0 fully saturated rings. The van der Waals surface area contributed by atoms with E-state index in [2.05, 4.69) is 10.6 Å². The van der Waals surface area contributed by atoms with Crippen LogP contribution in [0.4, 0.5) is 4.79 Å². The first-order valence-electron chi connectivity index (χ1n) is 13.4. The number of rotatable bonds is 12. The van der Waals surface area contributed by atoms with Crippen molar-refractivity contribution in [1.82, 2.24) is 15.5 Å². The maximum Gasteiger partial charge on any atom is 0.408 e. The van der Waals surface area contributed by atoms with E-state index in [4.69, 9.17) is 9.47 Å². The van der Waals surface area contributed by atoms with Gasteiger partial charge in [0.1, 0.15) is 17.7 Å². The Kier molecular flexibility index (Phi) is 12.8. The van der Waals surface area contributed by atoms with Gasteiger partial charge in [0.15, 0.2) is 0 Å². The number of nitrogens with one attached hydrogen (secondary N) is 2. The highest BCUT2D eigenvalue weighted by Crippen LogP contribution is 2.29. The predicted octanol–water partition coefficient (Wildman–Crippen LogP) is 4.59. The third-order valence-electron chi connectivity index (χ3n) is 5.69. The number of nitrogens with zero attached hydrogens (tertiary/aromatic N) is 1. The second-order valence-electron chi connectivity index (χ2n) is 11.3. The molecule has 0 radical (unpaired) electrons. The van der Waals surface area contributed by atoms with Crippen molar-refractivity contribution in [2.75, 3.05) is 13.2 Å². The SMILES string of the molecule is CCOC(=O)CCNC(=O)C(c1ccc(C)cc1C)N(C(=O)C(CC(C)C)NC(=O)OC(C)(C)C)C(C)C. The molecule has 2 atom stereocenters. The Morgan fingerprint density at radius 1 is 1.03 bits per heavy atom. The molecule has 0 aliphatic rings. The van der Waals surface area contributed by atoms with Crippen molar-refractivity contribution >= 4 is 23.9 Å². The molecule has 9 nitrogen and oxygen atoms in total. The lowest BCUT2D eigenvalue weighted by Gasteiger charge is -2.38. The maximum atomic E-state index is 14.1. The van der Waals surface area contributed by atoms with E-state index in [0.29, 0.717) is 12.0 Å². The largest absolute Gasteiger partial charge is 0.466 e. The van der Waals surface area contributed by atoms with Crippen LogP contribution in [-0.2, 0) is 23.9 Å². The molecule has 2 unspecified atom stereocenters. The molecule has 0 spiro atoms. The van der Waals surface area contributed by atoms with Crippen molar-refractivity contribution in [1.29, 1.82) is 0 Å². The van der Waals surface area contributed by atoms with Crippen molar-refractivity contribution < 1.29 is 28.7 Å². The molecule has 214 valence electrons. The van der Waals surface area contributed by atoms with Crippen LogP contribution in [0.3, 0.4) is 0 Å². The number of benzene rings is 1. The summed E-state index contributed by atoms with van der Waals surface area (Å²) in [5, 5.41) is 5.54. The third-order valence-corrected chi connectivity index (χ3v) is 5.69. The summed E-state index contributed by atoms with van der Waals surface area (Å²) in [5.74, 6) is -1.12. The van der Waals surface area contributed by atoms with Gasteiger partial charge in [-0.05, 0) is 78.9 Å². The summed E-state index contributed by atoms with van der Waals surface area (Å²) < 4.78 is 10.4. The van der Waals surface area contributed by atoms with E-state index >= 15 is 0 Å². The van der Waals surface area contributed by atoms with Crippen LogP contribution in [-0.4, -0.2) is 59.6 Å². The first-order chi connectivity index (χ1) is 17.6. The molecule has 1 rings (SSSR count). The van der Waals surface area contributed by atoms with Gasteiger partial charge in [0.25, 0.3) is 0 Å². The van der Waals surface area contributed by atoms with E-state index in [1.807, 2.05) is 59.7 Å². The van der Waals surface area contributed by atoms with Crippen molar-refractivity contribution in [3.8, 4) is 0 Å². The summed E-state index contributed by atoms with van der Waals surface area (Å²) in [4.78, 5) is 53.7. The topological polar surface area (TPSA) is 114 Å². The van der Waals surface area contributed by atoms with Gasteiger partial charge in [-0.2, -0.15) is 0 Å². The molecule has 1 aromatic rings. The Morgan fingerprint density at radius 3 is 2.16 bits per heavy atom. The molecule has 0 heterocycles. The molecule has 38 heavy (non-hydrogen) atoms. The summed E-state index contributed by atoms with van der Waals surface area (Å²) in [6.45, 7) is 18.8. The standard InChI is InChI=1S/C29H47N3O6/c1-11-37-24(33)14-15-30-26(34)25(22-13-12-20(6)17-21(22)7)32(19(4)5)27(35)23(16-18(2)3)31-28(36)38-29(8,9)10/h12-13,17-19,23,25H,11,14-16H2,1-10H3,(H,30,34)(H,31,36). The minimum Gasteiger partial charge on any atom is -0.466 e. The smallest absolute Gasteiger partial charge is 0.408 e. The zero-order valence-corrected chi connectivity index (χ0v) is 24.8. The Labute approximate surface area is 228 Å². The van der Waals surface area contributed by atoms with Crippen LogP contribution in [0.2, 0.25) is 0 Å². The molecule has 0 aliphatic heterocycles. The summed E-state index contributed by atoms with van der Waals surface area (Å²) in [6, 6.07) is 3.46. The molecule has 2 N–H and O–H groups in total. The van der Waals surface area contributed by atoms with Gasteiger partial charge in [-0.1, -0.05) is 37.6 Å². The Bertz CT molecular complexity index is 968. The van der Waals surface area contributed by atoms with Crippen LogP contribution < -0.4 is 10.6 Å². The molecular formula is C29H47N3O6. The van der Waals surface area contributed by atoms with Crippen molar-refractivity contribution in [3.05, 3.63) is 34.9 Å². The molecule has 0 aliphatic carbocycles. The fourth-order valence-electron chi connectivity index (χ4n) is 4.17. The molecule has 0 bridgehead atoms. The number of hydrogen-bond acceptors (Lipinski definition) is 6. The lowest BCUT2D eigenvalue weighted by molar-refractivity contribution is -0.146. The molecule has 0 aromatic heterocycles. The lowest BCUT2D eigenvalue weighted by atomic mass is 9.94. The summed E-state index contributed by atoms with van der Waals surface area (Å²) in [7, 11) is 0. The van der Waals surface area contributed by atoms with Crippen LogP contribution in [0.5, 0.6) is 0 Å². The normalized spacial score (nSPS) is 13.1. The highest BCUT2D eigenvalue weighted by molar-refractivity contribution is 5.92. The maximum absolute atomic E-state index is 14.1. The van der Waals surface area contributed by atoms with Crippen LogP contribution in [0.15, 0.2) is 18.2 Å². The van der Waals surface area contributed by atoms with E-state index in [-0.39, 0.29) is 37.4 Å². The third kappa shape index (κ3) is 10.7. The van der Waals surface area contributed by atoms with E-state index in [0.717, 1.165) is 11.1 Å². The minimum atomic E-state index is -0.972. The van der Waals surface area contributed by atoms with Gasteiger partial charge in [0.2, 0.25) is 11.8 Å². The number of amides is 3. The first-order valence-corrected chi connectivity index (χ1v) is 13.4. The van der Waals surface area contributed by atoms with Crippen molar-refractivity contribution in [2.24, 2.45) is 5.92 Å². The highest BCUT2D eigenvalue weighted by atomic mass is 16.6. The average Bonchev–Trinajstić information content (AvgIpc) is 2.75. The summed E-state index contributed by atoms with van der Waals surface area (Å²) in [5.41, 5.74) is 1.83. The van der Waals surface area contributed by atoms with Gasteiger partial charge in [-0.3, -0.25) is 14.4 Å². The van der Waals surface area contributed by atoms with Gasteiger partial charge < -0.3 is 25.0 Å². The summed E-state index contributed by atoms with van der Waals surface area (Å²) in [6.07, 6.45) is -0.307. The number of aryl methyl sites for hydroxylation is 2. The second kappa shape index (κ2) is 14.7. The number of carbonyl (C=O) groups is 4. The van der Waals surface area contributed by atoms with E-state index < -0.39 is 35.7 Å². The molecular weight excluding hydrogens is 486 g/mol. The fraction of sp³-hybridized carbons (Fsp3) is 0.655. The van der Waals surface area contributed by atoms with Gasteiger partial charge in [0.05, 0.1) is 13.0 Å². The highest BCUT2D eigenvalue weighted by Gasteiger charge is 2.38. The first kappa shape index (κ1) is 32.9. The molecule has 9 heteroatoms. The molecule has 0 saturated carbocycles. The average molecular weight is 534 g/mol. The summed E-state index contributed by atoms with van der Waals surface area (Å²) >= 11 is 0. The van der Waals surface area contributed by atoms with Crippen molar-refractivity contribution in [3.63, 3.8) is 0 Å². The van der Waals surface area contributed by atoms with Gasteiger partial charge in [-0.15, -0.1) is 0 Å². The number of alkyl carbamates (subject to hydrolysis) is 1. The van der Waals surface area contributed by atoms with Crippen LogP contribution in [0, 0.1) is 19.8 Å². The zero-order valence-electron chi connectivity index (χ0n) is 24.8. The van der Waals surface area contributed by atoms with Crippen LogP contribution in [0.1, 0.15) is 91.0 Å². The van der Waals surface area contributed by atoms with Gasteiger partial charge >= 0.3 is 12.1 Å². The van der Waals surface area contributed by atoms with Crippen LogP contribution in [0.25, 0.3) is 0 Å². The molecule has 1 aromatic carbocycles. The predicted molar refractivity (Wildman–Crippen MR) is 148 cm³/mol. The number of hydrogen-bond donors (Lipinski definition) is 2. The Hall–Kier alpha value is -3.10. The lowest BCUT2D eigenvalue weighted by Crippen LogP contribution is -2.55. The van der Waals surface area contributed by atoms with Gasteiger partial charge in [-0.25, -0.2) is 4.79 Å². The van der Waals surface area contributed by atoms with E-state index in [1.165, 1.54) is 4.90 Å². The Balaban J connectivity index is 3.45. The number of carbonyl (C=O) groups excluding carboxylic acids is 4. The molecule has 0 saturated heterocycles. The minimum absolute atomic E-state index is 0.0188. The second-order valence-corrected chi connectivity index (χ2v) is 11.3. The van der Waals surface area contributed by atoms with Crippen molar-refractivity contribution in [2.45, 2.75) is 106 Å². The van der Waals surface area contributed by atoms with E-state index in [9.17, 15) is 19.2 Å². The number of esters is 1. The number of ether oxygens (including phenoxy) is 2. The van der Waals surface area contributed by atoms with E-state index in [1.54, 1.807) is 27.7 Å². The molecule has 3 amide bonds. The quantitative estimate of drug-likeness (QED) is 0.380. The van der Waals surface area contributed by atoms with Crippen LogP contribution >= 0.6 is 0 Å². The monoisotopic (exact) mass is 533 g/mol.